The number of nitrogens with zero attached hydrogens (tertiary/aromatic N) is 2. The number of aryl methyl sites for hydroxylation is 1. The molecule has 0 unspecified atom stereocenters. The van der Waals surface area contributed by atoms with Crippen molar-refractivity contribution < 1.29 is 4.39 Å². The first-order valence-electron chi connectivity index (χ1n) is 9.64. The zero-order chi connectivity index (χ0) is 20.0. The monoisotopic (exact) mass is 403 g/mol. The largest absolute Gasteiger partial charge is 0.325 e. The lowest BCUT2D eigenvalue weighted by molar-refractivity contribution is 0.584. The molecule has 0 saturated carbocycles. The molecule has 5 rings (SSSR count). The Bertz CT molecular complexity index is 1220. The van der Waals surface area contributed by atoms with Crippen molar-refractivity contribution in [3.63, 3.8) is 0 Å². The smallest absolute Gasteiger partial charge is 0.209 e. The molecule has 0 spiro atoms. The number of fused-ring (bicyclic) bond motifs is 3. The summed E-state index contributed by atoms with van der Waals surface area (Å²) in [6, 6.07) is 20.6. The topological polar surface area (TPSA) is 29.9 Å². The molecule has 3 aromatic carbocycles. The van der Waals surface area contributed by atoms with E-state index in [1.807, 2.05) is 34.9 Å². The highest BCUT2D eigenvalue weighted by Gasteiger charge is 2.28. The second-order valence-electron chi connectivity index (χ2n) is 7.13. The van der Waals surface area contributed by atoms with Gasteiger partial charge in [-0.2, -0.15) is 0 Å². The SMILES string of the molecule is CCc1ccc(C2=C[C@H](c3c(F)cccc3Cl)n3c(nc4ccccc43)N2)cc1. The van der Waals surface area contributed by atoms with Crippen molar-refractivity contribution in [2.45, 2.75) is 19.4 Å². The highest BCUT2D eigenvalue weighted by atomic mass is 35.5. The summed E-state index contributed by atoms with van der Waals surface area (Å²) in [6.45, 7) is 2.13. The molecule has 1 N–H and O–H groups in total. The fourth-order valence-electron chi connectivity index (χ4n) is 3.90. The summed E-state index contributed by atoms with van der Waals surface area (Å²) in [6.07, 6.45) is 3.00. The van der Waals surface area contributed by atoms with Crippen molar-refractivity contribution >= 4 is 34.3 Å². The van der Waals surface area contributed by atoms with Crippen molar-refractivity contribution in [3.8, 4) is 0 Å². The van der Waals surface area contributed by atoms with Crippen LogP contribution in [0.5, 0.6) is 0 Å². The summed E-state index contributed by atoms with van der Waals surface area (Å²) >= 11 is 6.46. The molecule has 1 aromatic heterocycles. The molecule has 29 heavy (non-hydrogen) atoms. The van der Waals surface area contributed by atoms with Gasteiger partial charge in [-0.3, -0.25) is 4.57 Å². The molecule has 0 aliphatic carbocycles. The molecule has 0 radical (unpaired) electrons. The Hall–Kier alpha value is -3.11. The second-order valence-corrected chi connectivity index (χ2v) is 7.54. The Labute approximate surface area is 173 Å². The third-order valence-corrected chi connectivity index (χ3v) is 5.74. The van der Waals surface area contributed by atoms with Crippen molar-refractivity contribution in [1.29, 1.82) is 0 Å². The quantitative estimate of drug-likeness (QED) is 0.426. The Morgan fingerprint density at radius 1 is 1.03 bits per heavy atom. The average molecular weight is 404 g/mol. The minimum absolute atomic E-state index is 0.329. The number of benzene rings is 3. The molecule has 0 bridgehead atoms. The standard InChI is InChI=1S/C24H19ClFN3/c1-2-15-10-12-16(13-11-15)20-14-22(23-17(25)6-5-7-18(23)26)29-21-9-4-3-8-19(21)27-24(29)28-20/h3-14,22H,2H2,1H3,(H,27,28)/t22-/m1/s1. The number of nitrogens with one attached hydrogen (secondary N) is 1. The van der Waals surface area contributed by atoms with Gasteiger partial charge in [-0.25, -0.2) is 9.37 Å². The average Bonchev–Trinajstić information content (AvgIpc) is 3.12. The maximum atomic E-state index is 14.9. The van der Waals surface area contributed by atoms with E-state index < -0.39 is 6.04 Å². The minimum Gasteiger partial charge on any atom is -0.325 e. The van der Waals surface area contributed by atoms with Gasteiger partial charge in [0.25, 0.3) is 0 Å². The second kappa shape index (κ2) is 7.05. The normalized spacial score (nSPS) is 15.7. The van der Waals surface area contributed by atoms with E-state index in [0.29, 0.717) is 16.5 Å². The highest BCUT2D eigenvalue weighted by Crippen LogP contribution is 2.40. The van der Waals surface area contributed by atoms with E-state index in [1.165, 1.54) is 11.6 Å². The van der Waals surface area contributed by atoms with Crippen LogP contribution in [0.4, 0.5) is 10.3 Å². The predicted octanol–water partition coefficient (Wildman–Crippen LogP) is 6.45. The third-order valence-electron chi connectivity index (χ3n) is 5.41. The van der Waals surface area contributed by atoms with Crippen molar-refractivity contribution in [2.24, 2.45) is 0 Å². The molecule has 5 heteroatoms. The first-order chi connectivity index (χ1) is 14.2. The van der Waals surface area contributed by atoms with Crippen LogP contribution in [-0.4, -0.2) is 9.55 Å². The molecule has 0 saturated heterocycles. The fraction of sp³-hybridized carbons (Fsp3) is 0.125. The molecule has 4 aromatic rings. The number of anilines is 1. The number of aromatic nitrogens is 2. The van der Waals surface area contributed by atoms with E-state index in [2.05, 4.69) is 36.5 Å². The molecular weight excluding hydrogens is 385 g/mol. The van der Waals surface area contributed by atoms with Crippen molar-refractivity contribution in [3.05, 3.63) is 100 Å². The number of rotatable bonds is 3. The van der Waals surface area contributed by atoms with Gasteiger partial charge in [0, 0.05) is 16.3 Å². The first-order valence-corrected chi connectivity index (χ1v) is 10.0. The van der Waals surface area contributed by atoms with Gasteiger partial charge in [-0.05, 0) is 47.9 Å². The molecule has 1 atom stereocenters. The van der Waals surface area contributed by atoms with Gasteiger partial charge < -0.3 is 5.32 Å². The van der Waals surface area contributed by atoms with Gasteiger partial charge in [0.2, 0.25) is 5.95 Å². The molecule has 144 valence electrons. The fourth-order valence-corrected chi connectivity index (χ4v) is 4.18. The lowest BCUT2D eigenvalue weighted by atomic mass is 9.99. The van der Waals surface area contributed by atoms with E-state index in [4.69, 9.17) is 16.6 Å². The van der Waals surface area contributed by atoms with Crippen LogP contribution in [0.25, 0.3) is 16.7 Å². The number of para-hydroxylation sites is 2. The predicted molar refractivity (Wildman–Crippen MR) is 117 cm³/mol. The summed E-state index contributed by atoms with van der Waals surface area (Å²) in [4.78, 5) is 4.74. The lowest BCUT2D eigenvalue weighted by Crippen LogP contribution is -2.20. The summed E-state index contributed by atoms with van der Waals surface area (Å²) < 4.78 is 16.9. The first kappa shape index (κ1) is 18.0. The molecular formula is C24H19ClFN3. The zero-order valence-corrected chi connectivity index (χ0v) is 16.6. The van der Waals surface area contributed by atoms with Crippen LogP contribution in [-0.2, 0) is 6.42 Å². The molecule has 1 aliphatic heterocycles. The van der Waals surface area contributed by atoms with Gasteiger partial charge in [0.15, 0.2) is 0 Å². The van der Waals surface area contributed by atoms with Crippen LogP contribution in [0.3, 0.4) is 0 Å². The van der Waals surface area contributed by atoms with Gasteiger partial charge in [-0.15, -0.1) is 0 Å². The molecule has 0 amide bonds. The van der Waals surface area contributed by atoms with E-state index in [-0.39, 0.29) is 5.82 Å². The Balaban J connectivity index is 1.73. The zero-order valence-electron chi connectivity index (χ0n) is 15.9. The number of halogens is 2. The highest BCUT2D eigenvalue weighted by molar-refractivity contribution is 6.31. The van der Waals surface area contributed by atoms with Crippen LogP contribution < -0.4 is 5.32 Å². The van der Waals surface area contributed by atoms with Crippen LogP contribution in [0.1, 0.15) is 29.7 Å². The molecule has 0 fully saturated rings. The molecule has 3 nitrogen and oxygen atoms in total. The maximum absolute atomic E-state index is 14.9. The van der Waals surface area contributed by atoms with Crippen molar-refractivity contribution in [2.75, 3.05) is 5.32 Å². The van der Waals surface area contributed by atoms with E-state index in [9.17, 15) is 4.39 Å². The van der Waals surface area contributed by atoms with Gasteiger partial charge in [-0.1, -0.05) is 61.0 Å². The summed E-state index contributed by atoms with van der Waals surface area (Å²) in [7, 11) is 0. The van der Waals surface area contributed by atoms with Gasteiger partial charge in [0.05, 0.1) is 17.1 Å². The number of hydrogen-bond donors (Lipinski definition) is 1. The Kier molecular flexibility index (Phi) is 4.36. The van der Waals surface area contributed by atoms with Crippen molar-refractivity contribution in [1.82, 2.24) is 9.55 Å². The lowest BCUT2D eigenvalue weighted by Gasteiger charge is -2.27. The van der Waals surface area contributed by atoms with Gasteiger partial charge >= 0.3 is 0 Å². The Morgan fingerprint density at radius 3 is 2.59 bits per heavy atom. The maximum Gasteiger partial charge on any atom is 0.209 e. The van der Waals surface area contributed by atoms with E-state index in [1.54, 1.807) is 12.1 Å². The van der Waals surface area contributed by atoms with E-state index in [0.717, 1.165) is 28.7 Å². The minimum atomic E-state index is -0.409. The van der Waals surface area contributed by atoms with E-state index >= 15 is 0 Å². The van der Waals surface area contributed by atoms with Gasteiger partial charge in [0.1, 0.15) is 5.82 Å². The van der Waals surface area contributed by atoms with Crippen LogP contribution in [0.2, 0.25) is 5.02 Å². The molecule has 1 aliphatic rings. The van der Waals surface area contributed by atoms with Crippen LogP contribution >= 0.6 is 11.6 Å². The summed E-state index contributed by atoms with van der Waals surface area (Å²) in [5, 5.41) is 3.83. The number of allylic oxidation sites excluding steroid dienone is 1. The summed E-state index contributed by atoms with van der Waals surface area (Å²) in [5.74, 6) is 0.345. The number of imidazole rings is 1. The molecule has 2 heterocycles. The van der Waals surface area contributed by atoms with Crippen LogP contribution in [0.15, 0.2) is 72.8 Å². The Morgan fingerprint density at radius 2 is 1.83 bits per heavy atom. The third kappa shape index (κ3) is 3.00. The summed E-state index contributed by atoms with van der Waals surface area (Å²) in [5.41, 5.74) is 5.41. The van der Waals surface area contributed by atoms with Crippen LogP contribution in [0, 0.1) is 5.82 Å². The number of hydrogen-bond acceptors (Lipinski definition) is 2.